The first-order chi connectivity index (χ1) is 10.3. The van der Waals surface area contributed by atoms with Crippen molar-refractivity contribution in [2.24, 2.45) is 0 Å². The number of amides is 2. The van der Waals surface area contributed by atoms with Crippen LogP contribution in [0.2, 0.25) is 0 Å². The number of ether oxygens (including phenoxy) is 1. The van der Waals surface area contributed by atoms with Crippen molar-refractivity contribution in [2.45, 2.75) is 19.1 Å². The number of para-hydroxylation sites is 1. The number of hydrogen-bond donors (Lipinski definition) is 2. The highest BCUT2D eigenvalue weighted by atomic mass is 19.4. The van der Waals surface area contributed by atoms with Crippen molar-refractivity contribution < 1.29 is 27.8 Å². The number of halogens is 3. The Hall–Kier alpha value is -1.96. The summed E-state index contributed by atoms with van der Waals surface area (Å²) in [6.45, 7) is 1.50. The summed E-state index contributed by atoms with van der Waals surface area (Å²) in [7, 11) is 1.50. The van der Waals surface area contributed by atoms with E-state index in [0.717, 1.165) is 6.07 Å². The molecule has 0 fully saturated rings. The number of likely N-dealkylation sites (N-methyl/N-ethyl adjacent to an activating group) is 1. The minimum atomic E-state index is -4.50. The van der Waals surface area contributed by atoms with E-state index in [-0.39, 0.29) is 25.5 Å². The minimum Gasteiger partial charge on any atom is -0.491 e. The zero-order valence-electron chi connectivity index (χ0n) is 12.4. The summed E-state index contributed by atoms with van der Waals surface area (Å²) in [6, 6.07) is 3.97. The molecule has 0 aliphatic rings. The van der Waals surface area contributed by atoms with Crippen molar-refractivity contribution in [3.63, 3.8) is 0 Å². The summed E-state index contributed by atoms with van der Waals surface area (Å²) in [5.74, 6) is -0.278. The Morgan fingerprint density at radius 2 is 2.05 bits per heavy atom. The molecular weight excluding hydrogens is 301 g/mol. The molecular formula is C14H19F3N2O3. The molecule has 0 aliphatic heterocycles. The maximum atomic E-state index is 12.8. The molecule has 8 heteroatoms. The van der Waals surface area contributed by atoms with Crippen molar-refractivity contribution in [1.29, 1.82) is 0 Å². The SMILES string of the molecule is CC(COc1ccccc1C(F)(F)F)NC(=O)N(C)CCO. The number of carbonyl (C=O) groups is 1. The summed E-state index contributed by atoms with van der Waals surface area (Å²) in [5.41, 5.74) is -0.856. The third kappa shape index (κ3) is 5.44. The molecule has 1 atom stereocenters. The fraction of sp³-hybridized carbons (Fsp3) is 0.500. The van der Waals surface area contributed by atoms with Crippen LogP contribution in [-0.4, -0.2) is 48.9 Å². The predicted octanol–water partition coefficient (Wildman–Crippen LogP) is 2.11. The monoisotopic (exact) mass is 320 g/mol. The molecule has 0 heterocycles. The molecule has 124 valence electrons. The standard InChI is InChI=1S/C14H19F3N2O3/c1-10(18-13(21)19(2)7-8-20)9-22-12-6-4-3-5-11(12)14(15,16)17/h3-6,10,20H,7-9H2,1-2H3,(H,18,21). The topological polar surface area (TPSA) is 61.8 Å². The largest absolute Gasteiger partial charge is 0.491 e. The first-order valence-electron chi connectivity index (χ1n) is 6.67. The van der Waals surface area contributed by atoms with Gasteiger partial charge in [0.25, 0.3) is 0 Å². The van der Waals surface area contributed by atoms with Gasteiger partial charge in [0, 0.05) is 13.6 Å². The Balaban J connectivity index is 2.58. The van der Waals surface area contributed by atoms with Crippen LogP contribution >= 0.6 is 0 Å². The van der Waals surface area contributed by atoms with Crippen LogP contribution in [-0.2, 0) is 6.18 Å². The second kappa shape index (κ2) is 7.88. The Labute approximate surface area is 126 Å². The second-order valence-corrected chi connectivity index (χ2v) is 4.80. The number of urea groups is 1. The van der Waals surface area contributed by atoms with Crippen molar-refractivity contribution in [3.05, 3.63) is 29.8 Å². The van der Waals surface area contributed by atoms with Gasteiger partial charge in [0.1, 0.15) is 12.4 Å². The van der Waals surface area contributed by atoms with E-state index in [1.54, 1.807) is 6.92 Å². The number of alkyl halides is 3. The number of rotatable bonds is 6. The van der Waals surface area contributed by atoms with Crippen molar-refractivity contribution in [1.82, 2.24) is 10.2 Å². The zero-order chi connectivity index (χ0) is 16.8. The molecule has 0 aliphatic carbocycles. The first-order valence-corrected chi connectivity index (χ1v) is 6.67. The van der Waals surface area contributed by atoms with Crippen LogP contribution in [0.5, 0.6) is 5.75 Å². The van der Waals surface area contributed by atoms with Crippen LogP contribution in [0.3, 0.4) is 0 Å². The van der Waals surface area contributed by atoms with E-state index < -0.39 is 23.8 Å². The zero-order valence-corrected chi connectivity index (χ0v) is 12.4. The second-order valence-electron chi connectivity index (χ2n) is 4.80. The molecule has 1 aromatic rings. The number of aliphatic hydroxyl groups is 1. The molecule has 0 saturated carbocycles. The van der Waals surface area contributed by atoms with Gasteiger partial charge in [-0.15, -0.1) is 0 Å². The quantitative estimate of drug-likeness (QED) is 0.844. The maximum Gasteiger partial charge on any atom is 0.419 e. The summed E-state index contributed by atoms with van der Waals surface area (Å²) < 4.78 is 43.5. The highest BCUT2D eigenvalue weighted by molar-refractivity contribution is 5.74. The fourth-order valence-electron chi connectivity index (χ4n) is 1.66. The van der Waals surface area contributed by atoms with Gasteiger partial charge in [0.15, 0.2) is 0 Å². The molecule has 5 nitrogen and oxygen atoms in total. The van der Waals surface area contributed by atoms with Crippen LogP contribution < -0.4 is 10.1 Å². The van der Waals surface area contributed by atoms with E-state index in [2.05, 4.69) is 5.32 Å². The third-order valence-corrected chi connectivity index (χ3v) is 2.83. The lowest BCUT2D eigenvalue weighted by Gasteiger charge is -2.21. The van der Waals surface area contributed by atoms with Gasteiger partial charge >= 0.3 is 12.2 Å². The molecule has 1 rings (SSSR count). The Kier molecular flexibility index (Phi) is 6.48. The Morgan fingerprint density at radius 1 is 1.41 bits per heavy atom. The third-order valence-electron chi connectivity index (χ3n) is 2.83. The summed E-state index contributed by atoms with van der Waals surface area (Å²) in [6.07, 6.45) is -4.50. The highest BCUT2D eigenvalue weighted by Crippen LogP contribution is 2.35. The molecule has 0 aromatic heterocycles. The molecule has 0 radical (unpaired) electrons. The average molecular weight is 320 g/mol. The van der Waals surface area contributed by atoms with Crippen molar-refractivity contribution in [2.75, 3.05) is 26.8 Å². The van der Waals surface area contributed by atoms with E-state index in [1.807, 2.05) is 0 Å². The lowest BCUT2D eigenvalue weighted by Crippen LogP contribution is -2.45. The Morgan fingerprint density at radius 3 is 2.64 bits per heavy atom. The number of hydrogen-bond acceptors (Lipinski definition) is 3. The predicted molar refractivity (Wildman–Crippen MR) is 74.6 cm³/mol. The molecule has 22 heavy (non-hydrogen) atoms. The minimum absolute atomic E-state index is 0.105. The van der Waals surface area contributed by atoms with Gasteiger partial charge in [-0.25, -0.2) is 4.79 Å². The lowest BCUT2D eigenvalue weighted by molar-refractivity contribution is -0.139. The molecule has 1 unspecified atom stereocenters. The van der Waals surface area contributed by atoms with Gasteiger partial charge < -0.3 is 20.1 Å². The molecule has 0 spiro atoms. The summed E-state index contributed by atoms with van der Waals surface area (Å²) >= 11 is 0. The van der Waals surface area contributed by atoms with Gasteiger partial charge in [0.05, 0.1) is 18.2 Å². The highest BCUT2D eigenvalue weighted by Gasteiger charge is 2.34. The Bertz CT molecular complexity index is 494. The van der Waals surface area contributed by atoms with Crippen LogP contribution in [0.1, 0.15) is 12.5 Å². The number of nitrogens with zero attached hydrogens (tertiary/aromatic N) is 1. The van der Waals surface area contributed by atoms with E-state index in [0.29, 0.717) is 0 Å². The maximum absolute atomic E-state index is 12.8. The first kappa shape index (κ1) is 18.1. The van der Waals surface area contributed by atoms with Gasteiger partial charge in [-0.05, 0) is 19.1 Å². The average Bonchev–Trinajstić information content (AvgIpc) is 2.44. The molecule has 0 bridgehead atoms. The smallest absolute Gasteiger partial charge is 0.419 e. The lowest BCUT2D eigenvalue weighted by atomic mass is 10.2. The van der Waals surface area contributed by atoms with Gasteiger partial charge in [-0.1, -0.05) is 12.1 Å². The van der Waals surface area contributed by atoms with E-state index >= 15 is 0 Å². The fourth-order valence-corrected chi connectivity index (χ4v) is 1.66. The van der Waals surface area contributed by atoms with Gasteiger partial charge in [0.2, 0.25) is 0 Å². The van der Waals surface area contributed by atoms with Crippen LogP contribution in [0.25, 0.3) is 0 Å². The molecule has 2 amide bonds. The number of carbonyl (C=O) groups excluding carboxylic acids is 1. The number of aliphatic hydroxyl groups excluding tert-OH is 1. The van der Waals surface area contributed by atoms with Gasteiger partial charge in [-0.2, -0.15) is 13.2 Å². The number of benzene rings is 1. The van der Waals surface area contributed by atoms with Crippen LogP contribution in [0.15, 0.2) is 24.3 Å². The molecule has 2 N–H and O–H groups in total. The number of nitrogens with one attached hydrogen (secondary N) is 1. The summed E-state index contributed by atoms with van der Waals surface area (Å²) in [5, 5.41) is 11.3. The molecule has 0 saturated heterocycles. The van der Waals surface area contributed by atoms with Crippen molar-refractivity contribution >= 4 is 6.03 Å². The van der Waals surface area contributed by atoms with E-state index in [9.17, 15) is 18.0 Å². The van der Waals surface area contributed by atoms with E-state index in [1.165, 1.54) is 30.1 Å². The van der Waals surface area contributed by atoms with Gasteiger partial charge in [-0.3, -0.25) is 0 Å². The van der Waals surface area contributed by atoms with Crippen LogP contribution in [0.4, 0.5) is 18.0 Å². The normalized spacial score (nSPS) is 12.6. The van der Waals surface area contributed by atoms with E-state index in [4.69, 9.17) is 9.84 Å². The van der Waals surface area contributed by atoms with Crippen LogP contribution in [0, 0.1) is 0 Å². The molecule has 1 aromatic carbocycles. The van der Waals surface area contributed by atoms with Crippen molar-refractivity contribution in [3.8, 4) is 5.75 Å². The summed E-state index contributed by atoms with van der Waals surface area (Å²) in [4.78, 5) is 12.9.